The zero-order valence-electron chi connectivity index (χ0n) is 15.3. The molecule has 2 saturated heterocycles. The van der Waals surface area contributed by atoms with Crippen molar-refractivity contribution in [2.45, 2.75) is 25.4 Å². The number of halogens is 1. The fraction of sp³-hybridized carbons (Fsp3) is 0.611. The van der Waals surface area contributed by atoms with Crippen LogP contribution in [0.15, 0.2) is 24.3 Å². The lowest BCUT2D eigenvalue weighted by Gasteiger charge is -2.40. The lowest BCUT2D eigenvalue weighted by molar-refractivity contribution is -0.136. The molecule has 2 aliphatic rings. The van der Waals surface area contributed by atoms with Gasteiger partial charge >= 0.3 is 0 Å². The second-order valence-corrected chi connectivity index (χ2v) is 9.79. The Morgan fingerprint density at radius 2 is 1.88 bits per heavy atom. The van der Waals surface area contributed by atoms with Crippen molar-refractivity contribution in [1.82, 2.24) is 9.80 Å². The minimum Gasteiger partial charge on any atom is -0.368 e. The van der Waals surface area contributed by atoms with E-state index in [2.05, 4.69) is 9.80 Å². The topological polar surface area (TPSA) is 60.9 Å². The summed E-state index contributed by atoms with van der Waals surface area (Å²) in [6.45, 7) is 5.07. The highest BCUT2D eigenvalue weighted by Crippen LogP contribution is 2.26. The molecule has 1 amide bonds. The summed E-state index contributed by atoms with van der Waals surface area (Å²) in [5, 5.41) is 0.743. The third-order valence-corrected chi connectivity index (χ3v) is 7.59. The first kappa shape index (κ1) is 19.5. The first-order chi connectivity index (χ1) is 12.3. The third-order valence-electron chi connectivity index (χ3n) is 5.52. The lowest BCUT2D eigenvalue weighted by atomic mass is 10.1. The maximum Gasteiger partial charge on any atom is 0.239 e. The van der Waals surface area contributed by atoms with Crippen molar-refractivity contribution in [3.8, 4) is 0 Å². The lowest BCUT2D eigenvalue weighted by Crippen LogP contribution is -2.55. The summed E-state index contributed by atoms with van der Waals surface area (Å²) in [5.74, 6) is 0.265. The van der Waals surface area contributed by atoms with Gasteiger partial charge in [-0.05, 0) is 25.5 Å². The van der Waals surface area contributed by atoms with Crippen LogP contribution in [0, 0.1) is 0 Å². The first-order valence-electron chi connectivity index (χ1n) is 8.99. The number of hydrogen-bond donors (Lipinski definition) is 0. The monoisotopic (exact) mass is 399 g/mol. The molecule has 0 bridgehead atoms. The van der Waals surface area contributed by atoms with E-state index in [0.717, 1.165) is 36.9 Å². The SMILES string of the molecule is C[C@H](C(=O)N(C)[C@H]1CCS(=O)(=O)C1)N1CCN(c2ccccc2Cl)CC1. The summed E-state index contributed by atoms with van der Waals surface area (Å²) in [7, 11) is -1.27. The van der Waals surface area contributed by atoms with Crippen molar-refractivity contribution in [2.24, 2.45) is 0 Å². The highest BCUT2D eigenvalue weighted by atomic mass is 35.5. The quantitative estimate of drug-likeness (QED) is 0.767. The minimum absolute atomic E-state index is 0.00158. The summed E-state index contributed by atoms with van der Waals surface area (Å²) in [5.41, 5.74) is 1.03. The van der Waals surface area contributed by atoms with Gasteiger partial charge in [0.2, 0.25) is 5.91 Å². The summed E-state index contributed by atoms with van der Waals surface area (Å²) in [6, 6.07) is 7.35. The average molecular weight is 400 g/mol. The number of para-hydroxylation sites is 1. The molecule has 2 heterocycles. The van der Waals surface area contributed by atoms with E-state index in [4.69, 9.17) is 11.6 Å². The maximum absolute atomic E-state index is 12.8. The second kappa shape index (κ2) is 7.74. The standard InChI is InChI=1S/C18H26ClN3O3S/c1-14(18(23)20(2)15-7-12-26(24,25)13-15)21-8-10-22(11-9-21)17-6-4-3-5-16(17)19/h3-6,14-15H,7-13H2,1-2H3/t14-,15+/m1/s1. The number of carbonyl (C=O) groups is 1. The Bertz CT molecular complexity index is 763. The van der Waals surface area contributed by atoms with E-state index >= 15 is 0 Å². The smallest absolute Gasteiger partial charge is 0.239 e. The molecule has 1 aromatic carbocycles. The highest BCUT2D eigenvalue weighted by molar-refractivity contribution is 7.91. The number of hydrogen-bond acceptors (Lipinski definition) is 5. The predicted octanol–water partition coefficient (Wildman–Crippen LogP) is 1.50. The molecule has 2 atom stereocenters. The molecule has 0 saturated carbocycles. The first-order valence-corrected chi connectivity index (χ1v) is 11.2. The number of benzene rings is 1. The van der Waals surface area contributed by atoms with Gasteiger partial charge in [-0.15, -0.1) is 0 Å². The van der Waals surface area contributed by atoms with Crippen LogP contribution in [0.3, 0.4) is 0 Å². The minimum atomic E-state index is -2.99. The van der Waals surface area contributed by atoms with Gasteiger partial charge in [0.15, 0.2) is 9.84 Å². The molecule has 0 spiro atoms. The highest BCUT2D eigenvalue weighted by Gasteiger charge is 2.36. The molecule has 26 heavy (non-hydrogen) atoms. The van der Waals surface area contributed by atoms with Gasteiger partial charge in [0.25, 0.3) is 0 Å². The number of rotatable bonds is 4. The van der Waals surface area contributed by atoms with Crippen LogP contribution < -0.4 is 4.90 Å². The molecule has 0 aliphatic carbocycles. The summed E-state index contributed by atoms with van der Waals surface area (Å²) >= 11 is 6.28. The third kappa shape index (κ3) is 4.15. The van der Waals surface area contributed by atoms with Gasteiger partial charge < -0.3 is 9.80 Å². The van der Waals surface area contributed by atoms with E-state index in [0.29, 0.717) is 6.42 Å². The zero-order chi connectivity index (χ0) is 18.9. The molecule has 3 rings (SSSR count). The molecule has 0 aromatic heterocycles. The number of nitrogens with zero attached hydrogens (tertiary/aromatic N) is 3. The van der Waals surface area contributed by atoms with E-state index < -0.39 is 9.84 Å². The van der Waals surface area contributed by atoms with E-state index in [1.165, 1.54) is 0 Å². The Morgan fingerprint density at radius 3 is 2.46 bits per heavy atom. The molecule has 0 unspecified atom stereocenters. The van der Waals surface area contributed by atoms with Crippen LogP contribution in [0.25, 0.3) is 0 Å². The van der Waals surface area contributed by atoms with Crippen LogP contribution in [0.5, 0.6) is 0 Å². The molecule has 0 N–H and O–H groups in total. The molecule has 8 heteroatoms. The van der Waals surface area contributed by atoms with Gasteiger partial charge in [-0.1, -0.05) is 23.7 Å². The number of amides is 1. The molecule has 144 valence electrons. The molecular weight excluding hydrogens is 374 g/mol. The second-order valence-electron chi connectivity index (χ2n) is 7.16. The van der Waals surface area contributed by atoms with Gasteiger partial charge in [-0.3, -0.25) is 9.69 Å². The molecular formula is C18H26ClN3O3S. The zero-order valence-corrected chi connectivity index (χ0v) is 16.8. The van der Waals surface area contributed by atoms with Crippen LogP contribution in [-0.4, -0.2) is 80.9 Å². The number of anilines is 1. The molecule has 2 fully saturated rings. The number of carbonyl (C=O) groups excluding carboxylic acids is 1. The van der Waals surface area contributed by atoms with Gasteiger partial charge in [-0.25, -0.2) is 8.42 Å². The van der Waals surface area contributed by atoms with Crippen molar-refractivity contribution in [3.05, 3.63) is 29.3 Å². The van der Waals surface area contributed by atoms with Crippen LogP contribution in [0.1, 0.15) is 13.3 Å². The summed E-state index contributed by atoms with van der Waals surface area (Å²) < 4.78 is 23.3. The summed E-state index contributed by atoms with van der Waals surface area (Å²) in [6.07, 6.45) is 0.539. The van der Waals surface area contributed by atoms with Gasteiger partial charge in [-0.2, -0.15) is 0 Å². The average Bonchev–Trinajstić information content (AvgIpc) is 3.00. The van der Waals surface area contributed by atoms with Crippen molar-refractivity contribution >= 4 is 33.0 Å². The number of likely N-dealkylation sites (N-methyl/N-ethyl adjacent to an activating group) is 1. The van der Waals surface area contributed by atoms with Crippen molar-refractivity contribution in [2.75, 3.05) is 49.6 Å². The van der Waals surface area contributed by atoms with Crippen molar-refractivity contribution < 1.29 is 13.2 Å². The van der Waals surface area contributed by atoms with Crippen LogP contribution >= 0.6 is 11.6 Å². The van der Waals surface area contributed by atoms with E-state index in [-0.39, 0.29) is 29.5 Å². The Morgan fingerprint density at radius 1 is 1.23 bits per heavy atom. The van der Waals surface area contributed by atoms with E-state index in [9.17, 15) is 13.2 Å². The van der Waals surface area contributed by atoms with E-state index in [1.807, 2.05) is 31.2 Å². The largest absolute Gasteiger partial charge is 0.368 e. The molecule has 2 aliphatic heterocycles. The van der Waals surface area contributed by atoms with Crippen LogP contribution in [0.2, 0.25) is 5.02 Å². The van der Waals surface area contributed by atoms with Crippen molar-refractivity contribution in [1.29, 1.82) is 0 Å². The van der Waals surface area contributed by atoms with Crippen molar-refractivity contribution in [3.63, 3.8) is 0 Å². The van der Waals surface area contributed by atoms with Crippen LogP contribution in [0.4, 0.5) is 5.69 Å². The van der Waals surface area contributed by atoms with Gasteiger partial charge in [0.1, 0.15) is 0 Å². The Kier molecular flexibility index (Phi) is 5.79. The van der Waals surface area contributed by atoms with E-state index in [1.54, 1.807) is 11.9 Å². The predicted molar refractivity (Wildman–Crippen MR) is 105 cm³/mol. The van der Waals surface area contributed by atoms with Gasteiger partial charge in [0, 0.05) is 39.3 Å². The number of sulfone groups is 1. The van der Waals surface area contributed by atoms with Gasteiger partial charge in [0.05, 0.1) is 28.3 Å². The number of piperazine rings is 1. The molecule has 0 radical (unpaired) electrons. The fourth-order valence-electron chi connectivity index (χ4n) is 3.77. The maximum atomic E-state index is 12.8. The Labute approximate surface area is 160 Å². The molecule has 1 aromatic rings. The normalized spacial score (nSPS) is 24.4. The fourth-order valence-corrected chi connectivity index (χ4v) is 5.80. The summed E-state index contributed by atoms with van der Waals surface area (Å²) in [4.78, 5) is 18.8. The Balaban J connectivity index is 1.57. The molecule has 6 nitrogen and oxygen atoms in total. The van der Waals surface area contributed by atoms with Crippen LogP contribution in [-0.2, 0) is 14.6 Å². The Hall–Kier alpha value is -1.31.